The molecular weight excluding hydrogens is 255 g/mol. The zero-order chi connectivity index (χ0) is 14.0. The number of nitrogens with one attached hydrogen (secondary N) is 1. The maximum Gasteiger partial charge on any atom is 0.417 e. The molecule has 9 heteroatoms. The Kier molecular flexibility index (Phi) is 4.17. The molecule has 0 spiro atoms. The predicted octanol–water partition coefficient (Wildman–Crippen LogP) is -0.430. The summed E-state index contributed by atoms with van der Waals surface area (Å²) < 4.78 is 37.4. The third kappa shape index (κ3) is 3.57. The summed E-state index contributed by atoms with van der Waals surface area (Å²) in [6.07, 6.45) is -5.67. The number of alkyl halides is 3. The van der Waals surface area contributed by atoms with E-state index in [9.17, 15) is 27.9 Å². The number of primary amides is 1. The third-order valence-electron chi connectivity index (χ3n) is 2.84. The van der Waals surface area contributed by atoms with Crippen LogP contribution in [0.2, 0.25) is 0 Å². The topological polar surface area (TPSA) is 95.7 Å². The van der Waals surface area contributed by atoms with Gasteiger partial charge >= 0.3 is 12.2 Å². The predicted molar refractivity (Wildman–Crippen MR) is 54.4 cm³/mol. The van der Waals surface area contributed by atoms with E-state index in [0.29, 0.717) is 0 Å². The molecule has 104 valence electrons. The van der Waals surface area contributed by atoms with Crippen molar-refractivity contribution in [3.8, 4) is 0 Å². The fraction of sp³-hybridized carbons (Fsp3) is 0.778. The van der Waals surface area contributed by atoms with Crippen molar-refractivity contribution in [2.75, 3.05) is 19.6 Å². The van der Waals surface area contributed by atoms with E-state index in [0.717, 1.165) is 0 Å². The van der Waals surface area contributed by atoms with Crippen LogP contribution < -0.4 is 11.1 Å². The van der Waals surface area contributed by atoms with Crippen LogP contribution in [-0.4, -0.2) is 53.4 Å². The Hall–Kier alpha value is -1.35. The van der Waals surface area contributed by atoms with Gasteiger partial charge in [0.15, 0.2) is 5.60 Å². The van der Waals surface area contributed by atoms with Gasteiger partial charge in [-0.3, -0.25) is 15.0 Å². The molecule has 1 aliphatic heterocycles. The van der Waals surface area contributed by atoms with Crippen LogP contribution in [0.5, 0.6) is 0 Å². The van der Waals surface area contributed by atoms with Gasteiger partial charge in [-0.1, -0.05) is 0 Å². The van der Waals surface area contributed by atoms with Crippen molar-refractivity contribution in [2.24, 2.45) is 5.73 Å². The smallest absolute Gasteiger partial charge is 0.380 e. The minimum Gasteiger partial charge on any atom is -0.380 e. The molecule has 1 saturated heterocycles. The lowest BCUT2D eigenvalue weighted by Gasteiger charge is -2.38. The van der Waals surface area contributed by atoms with Gasteiger partial charge in [0.2, 0.25) is 5.91 Å². The van der Waals surface area contributed by atoms with Crippen LogP contribution in [0.3, 0.4) is 0 Å². The number of likely N-dealkylation sites (tertiary alicyclic amines) is 1. The Labute approximate surface area is 101 Å². The molecule has 6 nitrogen and oxygen atoms in total. The Morgan fingerprint density at radius 3 is 2.22 bits per heavy atom. The van der Waals surface area contributed by atoms with Gasteiger partial charge in [0.25, 0.3) is 0 Å². The molecule has 0 aromatic heterocycles. The number of rotatable bonds is 2. The number of hydrogen-bond donors (Lipinski definition) is 3. The van der Waals surface area contributed by atoms with Gasteiger partial charge in [0, 0.05) is 13.1 Å². The molecule has 0 saturated carbocycles. The standard InChI is InChI=1S/C9H14F3N3O3/c10-9(11,12)8(18)1-3-15(4-2-8)5-6(16)14-7(13)17/h18H,1-5H2,(H3,13,14,16,17). The molecule has 0 unspecified atom stereocenters. The molecule has 3 amide bonds. The molecule has 1 fully saturated rings. The van der Waals surface area contributed by atoms with Crippen LogP contribution in [0.15, 0.2) is 0 Å². The number of imide groups is 1. The summed E-state index contributed by atoms with van der Waals surface area (Å²) >= 11 is 0. The van der Waals surface area contributed by atoms with Gasteiger partial charge in [0.1, 0.15) is 0 Å². The highest BCUT2D eigenvalue weighted by Gasteiger charge is 2.54. The van der Waals surface area contributed by atoms with Crippen LogP contribution in [0.25, 0.3) is 0 Å². The van der Waals surface area contributed by atoms with Gasteiger partial charge in [-0.25, -0.2) is 4.79 Å². The van der Waals surface area contributed by atoms with Crippen molar-refractivity contribution in [3.05, 3.63) is 0 Å². The number of piperidine rings is 1. The van der Waals surface area contributed by atoms with Gasteiger partial charge in [-0.2, -0.15) is 13.2 Å². The van der Waals surface area contributed by atoms with E-state index in [1.54, 1.807) is 0 Å². The first-order chi connectivity index (χ1) is 8.14. The molecule has 1 rings (SSSR count). The summed E-state index contributed by atoms with van der Waals surface area (Å²) in [5.41, 5.74) is 2.03. The van der Waals surface area contributed by atoms with E-state index < -0.39 is 36.6 Å². The molecule has 0 aromatic rings. The number of nitrogens with zero attached hydrogens (tertiary/aromatic N) is 1. The normalized spacial score (nSPS) is 20.4. The fourth-order valence-corrected chi connectivity index (χ4v) is 1.74. The number of hydrogen-bond acceptors (Lipinski definition) is 4. The van der Waals surface area contributed by atoms with Crippen molar-refractivity contribution in [2.45, 2.75) is 24.6 Å². The second-order valence-corrected chi connectivity index (χ2v) is 4.22. The van der Waals surface area contributed by atoms with E-state index in [1.165, 1.54) is 4.90 Å². The molecule has 1 aliphatic rings. The van der Waals surface area contributed by atoms with E-state index >= 15 is 0 Å². The minimum atomic E-state index is -4.67. The summed E-state index contributed by atoms with van der Waals surface area (Å²) in [4.78, 5) is 22.9. The van der Waals surface area contributed by atoms with Crippen molar-refractivity contribution in [1.82, 2.24) is 10.2 Å². The van der Waals surface area contributed by atoms with E-state index in [-0.39, 0.29) is 19.6 Å². The Morgan fingerprint density at radius 2 is 1.83 bits per heavy atom. The van der Waals surface area contributed by atoms with E-state index in [2.05, 4.69) is 0 Å². The maximum atomic E-state index is 12.5. The van der Waals surface area contributed by atoms with Gasteiger partial charge < -0.3 is 10.8 Å². The highest BCUT2D eigenvalue weighted by molar-refractivity contribution is 5.94. The van der Waals surface area contributed by atoms with Crippen molar-refractivity contribution in [1.29, 1.82) is 0 Å². The molecule has 4 N–H and O–H groups in total. The molecule has 0 atom stereocenters. The number of nitrogens with two attached hydrogens (primary N) is 1. The molecule has 0 aromatic carbocycles. The monoisotopic (exact) mass is 269 g/mol. The summed E-state index contributed by atoms with van der Waals surface area (Å²) in [5.74, 6) is -0.681. The number of carbonyl (C=O) groups is 2. The Bertz CT molecular complexity index is 338. The quantitative estimate of drug-likeness (QED) is 0.634. The second kappa shape index (κ2) is 5.11. The summed E-state index contributed by atoms with van der Waals surface area (Å²) in [6.45, 7) is -0.388. The lowest BCUT2D eigenvalue weighted by Crippen LogP contribution is -2.54. The zero-order valence-electron chi connectivity index (χ0n) is 9.46. The highest BCUT2D eigenvalue weighted by Crippen LogP contribution is 2.38. The average Bonchev–Trinajstić information content (AvgIpc) is 2.18. The van der Waals surface area contributed by atoms with Crippen molar-refractivity contribution < 1.29 is 27.9 Å². The second-order valence-electron chi connectivity index (χ2n) is 4.22. The molecule has 0 radical (unpaired) electrons. The van der Waals surface area contributed by atoms with Crippen LogP contribution in [0, 0.1) is 0 Å². The van der Waals surface area contributed by atoms with Crippen LogP contribution >= 0.6 is 0 Å². The fourth-order valence-electron chi connectivity index (χ4n) is 1.74. The first-order valence-electron chi connectivity index (χ1n) is 5.25. The molecule has 0 aliphatic carbocycles. The maximum absolute atomic E-state index is 12.5. The minimum absolute atomic E-state index is 0.0812. The molecular formula is C9H14F3N3O3. The lowest BCUT2D eigenvalue weighted by atomic mass is 9.91. The number of amides is 3. The van der Waals surface area contributed by atoms with Crippen LogP contribution in [-0.2, 0) is 4.79 Å². The van der Waals surface area contributed by atoms with Crippen LogP contribution in [0.4, 0.5) is 18.0 Å². The number of carbonyl (C=O) groups excluding carboxylic acids is 2. The largest absolute Gasteiger partial charge is 0.417 e. The number of urea groups is 1. The van der Waals surface area contributed by atoms with Crippen molar-refractivity contribution in [3.63, 3.8) is 0 Å². The first kappa shape index (κ1) is 14.7. The molecule has 18 heavy (non-hydrogen) atoms. The highest BCUT2D eigenvalue weighted by atomic mass is 19.4. The SMILES string of the molecule is NC(=O)NC(=O)CN1CCC(O)(C(F)(F)F)CC1. The van der Waals surface area contributed by atoms with Gasteiger partial charge in [0.05, 0.1) is 6.54 Å². The lowest BCUT2D eigenvalue weighted by molar-refractivity contribution is -0.272. The Morgan fingerprint density at radius 1 is 1.33 bits per heavy atom. The van der Waals surface area contributed by atoms with Crippen molar-refractivity contribution >= 4 is 11.9 Å². The summed E-state index contributed by atoms with van der Waals surface area (Å²) in [6, 6.07) is -1.01. The summed E-state index contributed by atoms with van der Waals surface area (Å²) in [5, 5.41) is 11.2. The zero-order valence-corrected chi connectivity index (χ0v) is 9.46. The van der Waals surface area contributed by atoms with Crippen LogP contribution in [0.1, 0.15) is 12.8 Å². The number of aliphatic hydroxyl groups is 1. The Balaban J connectivity index is 2.45. The average molecular weight is 269 g/mol. The first-order valence-corrected chi connectivity index (χ1v) is 5.25. The third-order valence-corrected chi connectivity index (χ3v) is 2.84. The van der Waals surface area contributed by atoms with E-state index in [4.69, 9.17) is 5.73 Å². The summed E-state index contributed by atoms with van der Waals surface area (Å²) in [7, 11) is 0. The van der Waals surface area contributed by atoms with E-state index in [1.807, 2.05) is 5.32 Å². The van der Waals surface area contributed by atoms with Gasteiger partial charge in [-0.15, -0.1) is 0 Å². The van der Waals surface area contributed by atoms with Gasteiger partial charge in [-0.05, 0) is 12.8 Å². The molecule has 1 heterocycles. The molecule has 0 bridgehead atoms. The number of halogens is 3.